The minimum absolute atomic E-state index is 0.0513. The summed E-state index contributed by atoms with van der Waals surface area (Å²) in [5.41, 5.74) is 2.10. The summed E-state index contributed by atoms with van der Waals surface area (Å²) >= 11 is 1.49. The lowest BCUT2D eigenvalue weighted by molar-refractivity contribution is 0.0987. The number of ketones is 1. The Hall–Kier alpha value is -1.79. The van der Waals surface area contributed by atoms with E-state index in [2.05, 4.69) is 9.97 Å². The van der Waals surface area contributed by atoms with Crippen molar-refractivity contribution in [1.29, 1.82) is 0 Å². The summed E-state index contributed by atoms with van der Waals surface area (Å²) < 4.78 is 10.5. The molecule has 0 bridgehead atoms. The minimum Gasteiger partial charge on any atom is -0.491 e. The molecule has 0 spiro atoms. The zero-order valence-electron chi connectivity index (χ0n) is 12.4. The van der Waals surface area contributed by atoms with Gasteiger partial charge in [-0.3, -0.25) is 4.79 Å². The summed E-state index contributed by atoms with van der Waals surface area (Å²) in [5.74, 6) is 0.586. The highest BCUT2D eigenvalue weighted by Crippen LogP contribution is 2.17. The van der Waals surface area contributed by atoms with Crippen molar-refractivity contribution in [3.8, 4) is 5.75 Å². The number of rotatable bonds is 7. The number of thiazole rings is 1. The molecule has 0 aliphatic carbocycles. The first-order valence-corrected chi connectivity index (χ1v) is 7.51. The van der Waals surface area contributed by atoms with Gasteiger partial charge in [0.2, 0.25) is 0 Å². The van der Waals surface area contributed by atoms with Crippen LogP contribution in [0.15, 0.2) is 17.5 Å². The standard InChI is InChI=1S/C15H18N2O3S/c1-10-6-12(20-5-4-19-3)7-13(16-10)14(18)8-15-17-11(2)9-21-15/h6-7,9H,4-5,8H2,1-3H3. The van der Waals surface area contributed by atoms with Crippen molar-refractivity contribution in [2.24, 2.45) is 0 Å². The van der Waals surface area contributed by atoms with Crippen LogP contribution in [0.25, 0.3) is 0 Å². The maximum atomic E-state index is 12.3. The molecular weight excluding hydrogens is 288 g/mol. The average molecular weight is 306 g/mol. The molecule has 5 nitrogen and oxygen atoms in total. The molecule has 0 atom stereocenters. The third-order valence-corrected chi connectivity index (χ3v) is 3.71. The molecule has 0 aliphatic heterocycles. The number of pyridine rings is 1. The van der Waals surface area contributed by atoms with E-state index in [9.17, 15) is 4.79 Å². The van der Waals surface area contributed by atoms with Gasteiger partial charge >= 0.3 is 0 Å². The lowest BCUT2D eigenvalue weighted by Gasteiger charge is -2.08. The molecule has 21 heavy (non-hydrogen) atoms. The van der Waals surface area contributed by atoms with Crippen LogP contribution in [0.1, 0.15) is 26.9 Å². The van der Waals surface area contributed by atoms with Crippen molar-refractivity contribution in [2.45, 2.75) is 20.3 Å². The molecule has 0 aliphatic rings. The average Bonchev–Trinajstić information content (AvgIpc) is 2.84. The Bertz CT molecular complexity index is 625. The van der Waals surface area contributed by atoms with E-state index in [4.69, 9.17) is 9.47 Å². The molecule has 0 fully saturated rings. The van der Waals surface area contributed by atoms with E-state index in [1.807, 2.05) is 19.2 Å². The van der Waals surface area contributed by atoms with Crippen LogP contribution in [0.2, 0.25) is 0 Å². The first kappa shape index (κ1) is 15.6. The van der Waals surface area contributed by atoms with Gasteiger partial charge in [0.15, 0.2) is 5.78 Å². The number of carbonyl (C=O) groups is 1. The SMILES string of the molecule is COCCOc1cc(C)nc(C(=O)Cc2nc(C)cs2)c1. The number of aryl methyl sites for hydroxylation is 2. The first-order valence-electron chi connectivity index (χ1n) is 6.63. The fourth-order valence-corrected chi connectivity index (χ4v) is 2.59. The van der Waals surface area contributed by atoms with E-state index in [1.165, 1.54) is 11.3 Å². The van der Waals surface area contributed by atoms with E-state index < -0.39 is 0 Å². The highest BCUT2D eigenvalue weighted by molar-refractivity contribution is 7.09. The fraction of sp³-hybridized carbons (Fsp3) is 0.400. The third kappa shape index (κ3) is 4.61. The Morgan fingerprint density at radius 3 is 2.67 bits per heavy atom. The van der Waals surface area contributed by atoms with Crippen LogP contribution in [-0.2, 0) is 11.2 Å². The number of nitrogens with zero attached hydrogens (tertiary/aromatic N) is 2. The molecule has 2 rings (SSSR count). The Kier molecular flexibility index (Phi) is 5.41. The summed E-state index contributed by atoms with van der Waals surface area (Å²) in [7, 11) is 1.62. The van der Waals surface area contributed by atoms with Crippen molar-refractivity contribution < 1.29 is 14.3 Å². The maximum Gasteiger partial charge on any atom is 0.188 e. The van der Waals surface area contributed by atoms with Crippen molar-refractivity contribution in [2.75, 3.05) is 20.3 Å². The van der Waals surface area contributed by atoms with Crippen LogP contribution < -0.4 is 4.74 Å². The predicted octanol–water partition coefficient (Wildman–Crippen LogP) is 2.61. The first-order chi connectivity index (χ1) is 10.1. The smallest absolute Gasteiger partial charge is 0.188 e. The molecular formula is C15H18N2O3S. The Morgan fingerprint density at radius 1 is 1.19 bits per heavy atom. The van der Waals surface area contributed by atoms with Gasteiger partial charge in [0, 0.05) is 36.0 Å². The lowest BCUT2D eigenvalue weighted by Crippen LogP contribution is -2.09. The number of ether oxygens (including phenoxy) is 2. The van der Waals surface area contributed by atoms with Gasteiger partial charge in [0.1, 0.15) is 23.1 Å². The number of hydrogen-bond donors (Lipinski definition) is 0. The molecule has 0 unspecified atom stereocenters. The molecule has 6 heteroatoms. The molecule has 0 radical (unpaired) electrons. The van der Waals surface area contributed by atoms with E-state index >= 15 is 0 Å². The summed E-state index contributed by atoms with van der Waals surface area (Å²) in [6.07, 6.45) is 0.270. The lowest BCUT2D eigenvalue weighted by atomic mass is 10.2. The molecule has 2 aromatic heterocycles. The van der Waals surface area contributed by atoms with Gasteiger partial charge in [-0.25, -0.2) is 9.97 Å². The predicted molar refractivity (Wildman–Crippen MR) is 81.2 cm³/mol. The van der Waals surface area contributed by atoms with Crippen LogP contribution in [0.4, 0.5) is 0 Å². The highest BCUT2D eigenvalue weighted by Gasteiger charge is 2.13. The summed E-state index contributed by atoms with van der Waals surface area (Å²) in [4.78, 5) is 20.9. The fourth-order valence-electron chi connectivity index (χ4n) is 1.82. The maximum absolute atomic E-state index is 12.3. The Labute approximate surface area is 128 Å². The Morgan fingerprint density at radius 2 is 2.00 bits per heavy atom. The van der Waals surface area contributed by atoms with Crippen molar-refractivity contribution in [1.82, 2.24) is 9.97 Å². The number of hydrogen-bond acceptors (Lipinski definition) is 6. The highest BCUT2D eigenvalue weighted by atomic mass is 32.1. The van der Waals surface area contributed by atoms with E-state index in [0.29, 0.717) is 24.7 Å². The van der Waals surface area contributed by atoms with Crippen LogP contribution in [0, 0.1) is 13.8 Å². The van der Waals surface area contributed by atoms with Gasteiger partial charge in [-0.15, -0.1) is 11.3 Å². The quantitative estimate of drug-likeness (QED) is 0.581. The van der Waals surface area contributed by atoms with Crippen LogP contribution in [-0.4, -0.2) is 36.1 Å². The minimum atomic E-state index is -0.0513. The van der Waals surface area contributed by atoms with Gasteiger partial charge in [0.25, 0.3) is 0 Å². The van der Waals surface area contributed by atoms with Crippen molar-refractivity contribution in [3.05, 3.63) is 39.6 Å². The number of methoxy groups -OCH3 is 1. The van der Waals surface area contributed by atoms with Crippen LogP contribution >= 0.6 is 11.3 Å². The number of Topliss-reactive ketones (excluding diaryl/α,β-unsaturated/α-hetero) is 1. The molecule has 0 saturated carbocycles. The largest absolute Gasteiger partial charge is 0.491 e. The second-order valence-corrected chi connectivity index (χ2v) is 5.60. The second kappa shape index (κ2) is 7.28. The molecule has 0 amide bonds. The van der Waals surface area contributed by atoms with Gasteiger partial charge in [-0.1, -0.05) is 0 Å². The molecule has 112 valence electrons. The van der Waals surface area contributed by atoms with E-state index in [0.717, 1.165) is 16.4 Å². The van der Waals surface area contributed by atoms with Gasteiger partial charge in [-0.05, 0) is 13.8 Å². The molecule has 0 N–H and O–H groups in total. The van der Waals surface area contributed by atoms with E-state index in [-0.39, 0.29) is 12.2 Å². The van der Waals surface area contributed by atoms with Gasteiger partial charge < -0.3 is 9.47 Å². The second-order valence-electron chi connectivity index (χ2n) is 4.65. The number of carbonyl (C=O) groups excluding carboxylic acids is 1. The molecule has 0 saturated heterocycles. The summed E-state index contributed by atoms with van der Waals surface area (Å²) in [6.45, 7) is 4.70. The number of aromatic nitrogens is 2. The zero-order valence-corrected chi connectivity index (χ0v) is 13.2. The van der Waals surface area contributed by atoms with E-state index in [1.54, 1.807) is 19.2 Å². The summed E-state index contributed by atoms with van der Waals surface area (Å²) in [6, 6.07) is 3.48. The molecule has 2 heterocycles. The topological polar surface area (TPSA) is 61.3 Å². The van der Waals surface area contributed by atoms with Crippen LogP contribution in [0.3, 0.4) is 0 Å². The molecule has 0 aromatic carbocycles. The summed E-state index contributed by atoms with van der Waals surface area (Å²) in [5, 5.41) is 2.74. The van der Waals surface area contributed by atoms with Crippen LogP contribution in [0.5, 0.6) is 5.75 Å². The van der Waals surface area contributed by atoms with Crippen molar-refractivity contribution >= 4 is 17.1 Å². The zero-order chi connectivity index (χ0) is 15.2. The normalized spacial score (nSPS) is 10.6. The van der Waals surface area contributed by atoms with Crippen molar-refractivity contribution in [3.63, 3.8) is 0 Å². The molecule has 2 aromatic rings. The van der Waals surface area contributed by atoms with Gasteiger partial charge in [-0.2, -0.15) is 0 Å². The monoisotopic (exact) mass is 306 g/mol. The Balaban J connectivity index is 2.09. The van der Waals surface area contributed by atoms with Gasteiger partial charge in [0.05, 0.1) is 13.0 Å². The third-order valence-electron chi connectivity index (χ3n) is 2.75.